The van der Waals surface area contributed by atoms with Crippen molar-refractivity contribution in [1.82, 2.24) is 14.7 Å². The molecule has 4 rings (SSSR count). The van der Waals surface area contributed by atoms with Crippen molar-refractivity contribution in [2.24, 2.45) is 11.8 Å². The van der Waals surface area contributed by atoms with E-state index in [1.807, 2.05) is 18.2 Å². The van der Waals surface area contributed by atoms with Crippen LogP contribution in [0.1, 0.15) is 39.5 Å². The van der Waals surface area contributed by atoms with E-state index in [0.717, 1.165) is 62.0 Å². The molecule has 206 valence electrons. The number of hydrogen-bond acceptors (Lipinski definition) is 8. The lowest BCUT2D eigenvalue weighted by Crippen LogP contribution is -2.32. The van der Waals surface area contributed by atoms with Crippen LogP contribution < -0.4 is 24.4 Å². The summed E-state index contributed by atoms with van der Waals surface area (Å²) in [5.74, 6) is 3.18. The van der Waals surface area contributed by atoms with Gasteiger partial charge in [-0.2, -0.15) is 4.98 Å². The van der Waals surface area contributed by atoms with Crippen LogP contribution in [0.15, 0.2) is 47.4 Å². The van der Waals surface area contributed by atoms with Gasteiger partial charge in [0.05, 0.1) is 19.7 Å². The largest absolute Gasteiger partial charge is 0.497 e. The molecule has 0 bridgehead atoms. The first kappa shape index (κ1) is 27.9. The predicted octanol–water partition coefficient (Wildman–Crippen LogP) is 4.69. The third-order valence-corrected chi connectivity index (χ3v) is 8.83. The van der Waals surface area contributed by atoms with Crippen LogP contribution in [0.5, 0.6) is 11.5 Å². The molecular formula is C28H39N5O4S. The van der Waals surface area contributed by atoms with E-state index in [2.05, 4.69) is 34.9 Å². The Morgan fingerprint density at radius 3 is 2.26 bits per heavy atom. The summed E-state index contributed by atoms with van der Waals surface area (Å²) in [5, 5.41) is 4.55. The molecule has 2 N–H and O–H groups in total. The molecular weight excluding hydrogens is 502 g/mol. The van der Waals surface area contributed by atoms with Gasteiger partial charge in [0.1, 0.15) is 22.2 Å². The number of benzene rings is 2. The summed E-state index contributed by atoms with van der Waals surface area (Å²) in [7, 11) is -0.746. The highest BCUT2D eigenvalue weighted by Gasteiger charge is 2.25. The predicted molar refractivity (Wildman–Crippen MR) is 152 cm³/mol. The van der Waals surface area contributed by atoms with Gasteiger partial charge in [-0.05, 0) is 75.6 Å². The third kappa shape index (κ3) is 6.47. The molecule has 0 saturated heterocycles. The molecule has 10 heteroatoms. The Labute approximate surface area is 226 Å². The number of nitrogens with one attached hydrogen (secondary N) is 2. The molecule has 0 aliphatic heterocycles. The van der Waals surface area contributed by atoms with Crippen LogP contribution in [-0.4, -0.2) is 58.8 Å². The second kappa shape index (κ2) is 12.6. The van der Waals surface area contributed by atoms with Gasteiger partial charge < -0.3 is 19.7 Å². The van der Waals surface area contributed by atoms with Gasteiger partial charge in [0, 0.05) is 37.6 Å². The molecule has 1 aliphatic carbocycles. The summed E-state index contributed by atoms with van der Waals surface area (Å²) >= 11 is 0. The van der Waals surface area contributed by atoms with E-state index in [-0.39, 0.29) is 4.90 Å². The van der Waals surface area contributed by atoms with E-state index in [4.69, 9.17) is 19.4 Å². The molecule has 1 aromatic heterocycles. The highest BCUT2D eigenvalue weighted by molar-refractivity contribution is 7.89. The fraction of sp³-hybridized carbons (Fsp3) is 0.500. The van der Waals surface area contributed by atoms with Gasteiger partial charge in [0.15, 0.2) is 0 Å². The first-order valence-electron chi connectivity index (χ1n) is 13.4. The maximum Gasteiger partial charge on any atom is 0.244 e. The molecule has 0 atom stereocenters. The minimum absolute atomic E-state index is 0.0942. The highest BCUT2D eigenvalue weighted by Crippen LogP contribution is 2.31. The van der Waals surface area contributed by atoms with Gasteiger partial charge in [-0.3, -0.25) is 0 Å². The van der Waals surface area contributed by atoms with Crippen LogP contribution in [0, 0.1) is 11.8 Å². The number of sulfonamides is 1. The van der Waals surface area contributed by atoms with E-state index in [1.165, 1.54) is 20.3 Å². The third-order valence-electron chi connectivity index (χ3n) is 7.38. The summed E-state index contributed by atoms with van der Waals surface area (Å²) in [5.41, 5.74) is 0.940. The molecule has 0 radical (unpaired) electrons. The second-order valence-electron chi connectivity index (χ2n) is 9.70. The van der Waals surface area contributed by atoms with E-state index in [1.54, 1.807) is 12.1 Å². The fourth-order valence-corrected chi connectivity index (χ4v) is 6.38. The topological polar surface area (TPSA) is 106 Å². The number of para-hydroxylation sites is 1. The van der Waals surface area contributed by atoms with Gasteiger partial charge in [-0.1, -0.05) is 12.1 Å². The van der Waals surface area contributed by atoms with Gasteiger partial charge in [-0.25, -0.2) is 18.1 Å². The average molecular weight is 542 g/mol. The number of nitrogens with zero attached hydrogens (tertiary/aromatic N) is 3. The maximum absolute atomic E-state index is 13.0. The summed E-state index contributed by atoms with van der Waals surface area (Å²) < 4.78 is 39.2. The minimum Gasteiger partial charge on any atom is -0.497 e. The zero-order valence-corrected chi connectivity index (χ0v) is 23.6. The monoisotopic (exact) mass is 541 g/mol. The van der Waals surface area contributed by atoms with Crippen molar-refractivity contribution in [1.29, 1.82) is 0 Å². The fourth-order valence-electron chi connectivity index (χ4n) is 5.08. The van der Waals surface area contributed by atoms with Crippen molar-refractivity contribution in [3.05, 3.63) is 42.5 Å². The van der Waals surface area contributed by atoms with Gasteiger partial charge in [0.2, 0.25) is 16.0 Å². The lowest BCUT2D eigenvalue weighted by Gasteiger charge is -2.29. The van der Waals surface area contributed by atoms with Crippen molar-refractivity contribution in [2.75, 3.05) is 50.6 Å². The van der Waals surface area contributed by atoms with Gasteiger partial charge in [0.25, 0.3) is 0 Å². The van der Waals surface area contributed by atoms with E-state index in [9.17, 15) is 8.42 Å². The average Bonchev–Trinajstić information content (AvgIpc) is 2.95. The van der Waals surface area contributed by atoms with Gasteiger partial charge in [-0.15, -0.1) is 0 Å². The second-order valence-corrected chi connectivity index (χ2v) is 11.4. The van der Waals surface area contributed by atoms with Crippen molar-refractivity contribution in [2.45, 2.75) is 44.4 Å². The number of anilines is 2. The number of fused-ring (bicyclic) bond motifs is 1. The molecule has 38 heavy (non-hydrogen) atoms. The van der Waals surface area contributed by atoms with Crippen LogP contribution in [0.4, 0.5) is 11.8 Å². The van der Waals surface area contributed by atoms with Crippen molar-refractivity contribution < 1.29 is 17.9 Å². The van der Waals surface area contributed by atoms with Crippen molar-refractivity contribution in [3.8, 4) is 11.5 Å². The van der Waals surface area contributed by atoms with Crippen LogP contribution in [-0.2, 0) is 10.0 Å². The van der Waals surface area contributed by atoms with Crippen LogP contribution in [0.3, 0.4) is 0 Å². The highest BCUT2D eigenvalue weighted by atomic mass is 32.2. The zero-order chi connectivity index (χ0) is 27.1. The number of methoxy groups -OCH3 is 2. The number of ether oxygens (including phenoxy) is 2. The molecule has 3 aromatic rings. The molecule has 1 heterocycles. The van der Waals surface area contributed by atoms with E-state index in [0.29, 0.717) is 35.8 Å². The van der Waals surface area contributed by atoms with Crippen molar-refractivity contribution >= 4 is 32.7 Å². The molecule has 0 amide bonds. The number of rotatable bonds is 12. The van der Waals surface area contributed by atoms with Crippen LogP contribution in [0.25, 0.3) is 10.9 Å². The zero-order valence-electron chi connectivity index (χ0n) is 22.7. The Hall–Kier alpha value is -3.11. The first-order valence-corrected chi connectivity index (χ1v) is 14.8. The van der Waals surface area contributed by atoms with Crippen molar-refractivity contribution in [3.63, 3.8) is 0 Å². The number of aromatic nitrogens is 2. The van der Waals surface area contributed by atoms with Crippen LogP contribution >= 0.6 is 0 Å². The lowest BCUT2D eigenvalue weighted by molar-refractivity contribution is 0.284. The maximum atomic E-state index is 13.0. The molecule has 9 nitrogen and oxygen atoms in total. The van der Waals surface area contributed by atoms with Gasteiger partial charge >= 0.3 is 0 Å². The Kier molecular flexibility index (Phi) is 9.27. The molecule has 2 aromatic carbocycles. The normalized spacial score (nSPS) is 17.8. The molecule has 0 spiro atoms. The summed E-state index contributed by atoms with van der Waals surface area (Å²) in [6, 6.07) is 12.9. The minimum atomic E-state index is -3.72. The summed E-state index contributed by atoms with van der Waals surface area (Å²) in [6.07, 6.45) is 3.98. The molecule has 1 saturated carbocycles. The summed E-state index contributed by atoms with van der Waals surface area (Å²) in [6.45, 7) is 7.25. The lowest BCUT2D eigenvalue weighted by atomic mass is 9.82. The molecule has 0 unspecified atom stereocenters. The quantitative estimate of drug-likeness (QED) is 0.340. The standard InChI is InChI=1S/C28H39N5O4S/c1-5-33(6-2)27-23-9-7-8-10-24(23)31-28(32-27)29-18-20-11-13-21(14-12-20)19-30-38(34,35)26-17-22(36-3)15-16-25(26)37-4/h7-10,15-17,20-21,30H,5-6,11-14,18-19H2,1-4H3,(H,29,31,32)/t20-,21-. The molecule has 1 aliphatic rings. The first-order chi connectivity index (χ1) is 18.4. The van der Waals surface area contributed by atoms with E-state index < -0.39 is 10.0 Å². The smallest absolute Gasteiger partial charge is 0.244 e. The molecule has 1 fully saturated rings. The Bertz CT molecular complexity index is 1320. The van der Waals surface area contributed by atoms with E-state index >= 15 is 0 Å². The summed E-state index contributed by atoms with van der Waals surface area (Å²) in [4.78, 5) is 12.0. The Balaban J connectivity index is 1.32. The van der Waals surface area contributed by atoms with Crippen LogP contribution in [0.2, 0.25) is 0 Å². The number of hydrogen-bond donors (Lipinski definition) is 2. The Morgan fingerprint density at radius 1 is 0.921 bits per heavy atom. The SMILES string of the molecule is CCN(CC)c1nc(NC[C@H]2CC[C@H](CNS(=O)(=O)c3cc(OC)ccc3OC)CC2)nc2ccccc12. The Morgan fingerprint density at radius 2 is 1.61 bits per heavy atom.